The molecule has 162 valence electrons. The minimum atomic E-state index is -0.448. The Bertz CT molecular complexity index is 1240. The zero-order valence-electron chi connectivity index (χ0n) is 17.5. The minimum absolute atomic E-state index is 0.0216. The third-order valence-corrected chi connectivity index (χ3v) is 5.46. The Balaban J connectivity index is 2.13. The molecule has 0 bridgehead atoms. The van der Waals surface area contributed by atoms with E-state index in [2.05, 4.69) is 41.9 Å². The summed E-state index contributed by atoms with van der Waals surface area (Å²) in [4.78, 5) is 29.2. The van der Waals surface area contributed by atoms with Gasteiger partial charge in [-0.1, -0.05) is 29.8 Å². The fraction of sp³-hybridized carbons (Fsp3) is 0.273. The van der Waals surface area contributed by atoms with Gasteiger partial charge < -0.3 is 9.47 Å². The van der Waals surface area contributed by atoms with Crippen molar-refractivity contribution in [2.24, 2.45) is 5.10 Å². The third-order valence-electron chi connectivity index (χ3n) is 4.28. The van der Waals surface area contributed by atoms with Crippen molar-refractivity contribution in [1.29, 1.82) is 0 Å². The second-order valence-electron chi connectivity index (χ2n) is 6.99. The summed E-state index contributed by atoms with van der Waals surface area (Å²) in [5.74, 6) is 0.784. The average molecular weight is 551 g/mol. The van der Waals surface area contributed by atoms with Crippen LogP contribution in [0.25, 0.3) is 10.9 Å². The number of carbonyl (C=O) groups is 1. The van der Waals surface area contributed by atoms with Crippen molar-refractivity contribution in [2.75, 3.05) is 6.61 Å². The standard InChI is InChI=1S/C22H21Br2N3O4/c1-5-30-19-8-14(17(24)10-20(19)31-13(4)28)11-25-27-21(12(2)3)26-18-7-6-15(23)9-16(18)22(27)29/h6-12H,5H2,1-4H3. The van der Waals surface area contributed by atoms with Gasteiger partial charge in [-0.2, -0.15) is 9.78 Å². The lowest BCUT2D eigenvalue weighted by molar-refractivity contribution is -0.132. The zero-order valence-corrected chi connectivity index (χ0v) is 20.7. The number of hydrogen-bond acceptors (Lipinski definition) is 6. The molecular weight excluding hydrogens is 530 g/mol. The van der Waals surface area contributed by atoms with E-state index in [4.69, 9.17) is 9.47 Å². The number of rotatable bonds is 6. The molecule has 0 atom stereocenters. The van der Waals surface area contributed by atoms with Crippen LogP contribution in [0, 0.1) is 0 Å². The number of halogens is 2. The fourth-order valence-corrected chi connectivity index (χ4v) is 3.71. The molecule has 0 aliphatic heterocycles. The smallest absolute Gasteiger partial charge is 0.308 e. The van der Waals surface area contributed by atoms with Crippen molar-refractivity contribution in [3.05, 3.63) is 61.0 Å². The SMILES string of the molecule is CCOc1cc(C=Nn2c(C(C)C)nc3ccc(Br)cc3c2=O)c(Br)cc1OC(C)=O. The summed E-state index contributed by atoms with van der Waals surface area (Å²) >= 11 is 6.86. The van der Waals surface area contributed by atoms with Crippen molar-refractivity contribution >= 4 is 54.9 Å². The van der Waals surface area contributed by atoms with Gasteiger partial charge in [-0.3, -0.25) is 9.59 Å². The van der Waals surface area contributed by atoms with Gasteiger partial charge in [-0.15, -0.1) is 0 Å². The molecule has 3 rings (SSSR count). The van der Waals surface area contributed by atoms with Crippen LogP contribution in [0.1, 0.15) is 45.0 Å². The third kappa shape index (κ3) is 5.22. The molecule has 1 aromatic heterocycles. The van der Waals surface area contributed by atoms with Gasteiger partial charge in [0.25, 0.3) is 5.56 Å². The second kappa shape index (κ2) is 9.74. The van der Waals surface area contributed by atoms with E-state index in [0.29, 0.717) is 44.9 Å². The number of esters is 1. The van der Waals surface area contributed by atoms with Crippen LogP contribution in [0.2, 0.25) is 0 Å². The van der Waals surface area contributed by atoms with E-state index in [9.17, 15) is 9.59 Å². The van der Waals surface area contributed by atoms with Crippen LogP contribution in [0.3, 0.4) is 0 Å². The highest BCUT2D eigenvalue weighted by Crippen LogP contribution is 2.33. The minimum Gasteiger partial charge on any atom is -0.490 e. The molecule has 0 radical (unpaired) electrons. The molecule has 31 heavy (non-hydrogen) atoms. The molecule has 0 spiro atoms. The molecule has 2 aromatic carbocycles. The van der Waals surface area contributed by atoms with E-state index in [1.807, 2.05) is 26.8 Å². The monoisotopic (exact) mass is 549 g/mol. The molecule has 0 fully saturated rings. The molecule has 1 heterocycles. The zero-order chi connectivity index (χ0) is 22.7. The molecule has 0 saturated carbocycles. The van der Waals surface area contributed by atoms with Gasteiger partial charge in [0.1, 0.15) is 5.82 Å². The van der Waals surface area contributed by atoms with Gasteiger partial charge in [-0.25, -0.2) is 4.98 Å². The van der Waals surface area contributed by atoms with Crippen LogP contribution < -0.4 is 15.0 Å². The molecule has 9 heteroatoms. The van der Waals surface area contributed by atoms with Crippen LogP contribution in [-0.2, 0) is 4.79 Å². The lowest BCUT2D eigenvalue weighted by atomic mass is 10.2. The Morgan fingerprint density at radius 2 is 1.97 bits per heavy atom. The van der Waals surface area contributed by atoms with Gasteiger partial charge in [0.2, 0.25) is 0 Å². The van der Waals surface area contributed by atoms with E-state index < -0.39 is 5.97 Å². The van der Waals surface area contributed by atoms with Crippen molar-refractivity contribution in [3.8, 4) is 11.5 Å². The highest BCUT2D eigenvalue weighted by Gasteiger charge is 2.15. The maximum absolute atomic E-state index is 13.2. The van der Waals surface area contributed by atoms with Gasteiger partial charge in [0.15, 0.2) is 11.5 Å². The van der Waals surface area contributed by atoms with Gasteiger partial charge >= 0.3 is 5.97 Å². The Morgan fingerprint density at radius 1 is 1.23 bits per heavy atom. The fourth-order valence-electron chi connectivity index (χ4n) is 2.92. The quantitative estimate of drug-likeness (QED) is 0.238. The van der Waals surface area contributed by atoms with Gasteiger partial charge in [-0.05, 0) is 53.2 Å². The molecule has 3 aromatic rings. The van der Waals surface area contributed by atoms with Crippen molar-refractivity contribution in [3.63, 3.8) is 0 Å². The van der Waals surface area contributed by atoms with E-state index in [1.165, 1.54) is 11.6 Å². The summed E-state index contributed by atoms with van der Waals surface area (Å²) < 4.78 is 13.5. The van der Waals surface area contributed by atoms with E-state index in [0.717, 1.165) is 4.47 Å². The largest absolute Gasteiger partial charge is 0.490 e. The summed E-state index contributed by atoms with van der Waals surface area (Å²) in [6.45, 7) is 7.46. The average Bonchev–Trinajstić information content (AvgIpc) is 2.69. The number of benzene rings is 2. The van der Waals surface area contributed by atoms with Crippen molar-refractivity contribution < 1.29 is 14.3 Å². The first kappa shape index (κ1) is 23.1. The first-order chi connectivity index (χ1) is 14.7. The molecule has 0 unspecified atom stereocenters. The molecule has 0 amide bonds. The number of aromatic nitrogens is 2. The molecule has 0 aliphatic rings. The van der Waals surface area contributed by atoms with Gasteiger partial charge in [0, 0.05) is 27.4 Å². The van der Waals surface area contributed by atoms with Crippen LogP contribution >= 0.6 is 31.9 Å². The molecular formula is C22H21Br2N3O4. The maximum Gasteiger partial charge on any atom is 0.308 e. The topological polar surface area (TPSA) is 82.8 Å². The highest BCUT2D eigenvalue weighted by molar-refractivity contribution is 9.10. The van der Waals surface area contributed by atoms with Crippen molar-refractivity contribution in [1.82, 2.24) is 9.66 Å². The van der Waals surface area contributed by atoms with Crippen molar-refractivity contribution in [2.45, 2.75) is 33.6 Å². The second-order valence-corrected chi connectivity index (χ2v) is 8.76. The Kier molecular flexibility index (Phi) is 7.27. The molecule has 7 nitrogen and oxygen atoms in total. The molecule has 0 aliphatic carbocycles. The number of ether oxygens (including phenoxy) is 2. The first-order valence-corrected chi connectivity index (χ1v) is 11.2. The summed E-state index contributed by atoms with van der Waals surface area (Å²) in [7, 11) is 0. The Labute approximate surface area is 196 Å². The normalized spacial score (nSPS) is 11.5. The van der Waals surface area contributed by atoms with Gasteiger partial charge in [0.05, 0.1) is 23.7 Å². The predicted octanol–water partition coefficient (Wildman–Crippen LogP) is 5.25. The summed E-state index contributed by atoms with van der Waals surface area (Å²) in [6.07, 6.45) is 1.54. The number of carbonyl (C=O) groups excluding carboxylic acids is 1. The first-order valence-electron chi connectivity index (χ1n) is 9.62. The van der Waals surface area contributed by atoms with E-state index >= 15 is 0 Å². The molecule has 0 N–H and O–H groups in total. The molecule has 0 saturated heterocycles. The Morgan fingerprint density at radius 3 is 2.61 bits per heavy atom. The number of hydrogen-bond donors (Lipinski definition) is 0. The number of fused-ring (bicyclic) bond motifs is 1. The maximum atomic E-state index is 13.2. The lowest BCUT2D eigenvalue weighted by Gasteiger charge is -2.13. The van der Waals surface area contributed by atoms with E-state index in [1.54, 1.807) is 30.5 Å². The Hall–Kier alpha value is -2.52. The van der Waals surface area contributed by atoms with E-state index in [-0.39, 0.29) is 11.5 Å². The van der Waals surface area contributed by atoms with Crippen LogP contribution in [-0.4, -0.2) is 28.5 Å². The summed E-state index contributed by atoms with van der Waals surface area (Å²) in [6, 6.07) is 8.72. The number of nitrogens with zero attached hydrogens (tertiary/aromatic N) is 3. The lowest BCUT2D eigenvalue weighted by Crippen LogP contribution is -2.23. The predicted molar refractivity (Wildman–Crippen MR) is 127 cm³/mol. The summed E-state index contributed by atoms with van der Waals surface area (Å²) in [5, 5.41) is 4.91. The highest BCUT2D eigenvalue weighted by atomic mass is 79.9. The van der Waals surface area contributed by atoms with Crippen LogP contribution in [0.4, 0.5) is 0 Å². The van der Waals surface area contributed by atoms with Crippen LogP contribution in [0.15, 0.2) is 49.2 Å². The summed E-state index contributed by atoms with van der Waals surface area (Å²) in [5.41, 5.74) is 1.01. The van der Waals surface area contributed by atoms with Crippen LogP contribution in [0.5, 0.6) is 11.5 Å².